The summed E-state index contributed by atoms with van der Waals surface area (Å²) in [6.07, 6.45) is 3.36. The number of ether oxygens (including phenoxy) is 1. The number of carbonyl (C=O) groups excluding carboxylic acids is 2. The average Bonchev–Trinajstić information content (AvgIpc) is 3.20. The van der Waals surface area contributed by atoms with Gasteiger partial charge in [0.05, 0.1) is 5.56 Å². The maximum absolute atomic E-state index is 13.7. The first-order valence-corrected chi connectivity index (χ1v) is 9.04. The number of hydrogen-bond acceptors (Lipinski definition) is 4. The van der Waals surface area contributed by atoms with Crippen molar-refractivity contribution >= 4 is 17.5 Å². The van der Waals surface area contributed by atoms with Gasteiger partial charge in [0.1, 0.15) is 5.69 Å². The maximum Gasteiger partial charge on any atom is 0.274 e. The second kappa shape index (κ2) is 8.24. The van der Waals surface area contributed by atoms with Gasteiger partial charge >= 0.3 is 0 Å². The zero-order chi connectivity index (χ0) is 20.3. The van der Waals surface area contributed by atoms with Crippen LogP contribution in [0.4, 0.5) is 10.1 Å². The summed E-state index contributed by atoms with van der Waals surface area (Å²) in [5.74, 6) is -1.42. The molecule has 1 N–H and O–H groups in total. The van der Waals surface area contributed by atoms with Crippen LogP contribution in [0.3, 0.4) is 0 Å². The van der Waals surface area contributed by atoms with Gasteiger partial charge in [0.2, 0.25) is 0 Å². The van der Waals surface area contributed by atoms with Crippen molar-refractivity contribution in [3.05, 3.63) is 57.8 Å². The van der Waals surface area contributed by atoms with Crippen molar-refractivity contribution in [1.29, 1.82) is 0 Å². The zero-order valence-corrected chi connectivity index (χ0v) is 15.8. The van der Waals surface area contributed by atoms with E-state index in [0.29, 0.717) is 18.7 Å². The quantitative estimate of drug-likeness (QED) is 0.852. The van der Waals surface area contributed by atoms with Crippen molar-refractivity contribution in [3.63, 3.8) is 0 Å². The number of nitrogens with one attached hydrogen (secondary N) is 1. The van der Waals surface area contributed by atoms with Crippen LogP contribution in [0.25, 0.3) is 0 Å². The van der Waals surface area contributed by atoms with Crippen LogP contribution in [-0.2, 0) is 11.8 Å². The maximum atomic E-state index is 13.7. The molecule has 1 aliphatic heterocycles. The molecule has 0 unspecified atom stereocenters. The molecule has 0 saturated carbocycles. The van der Waals surface area contributed by atoms with Gasteiger partial charge < -0.3 is 19.5 Å². The number of aromatic nitrogens is 1. The fourth-order valence-corrected chi connectivity index (χ4v) is 3.07. The van der Waals surface area contributed by atoms with E-state index < -0.39 is 23.9 Å². The molecular formula is C20H22FN3O4. The molecule has 2 aromatic rings. The molecule has 1 saturated heterocycles. The lowest BCUT2D eigenvalue weighted by Crippen LogP contribution is -2.31. The van der Waals surface area contributed by atoms with Crippen LogP contribution in [0.1, 0.15) is 28.8 Å². The lowest BCUT2D eigenvalue weighted by molar-refractivity contribution is -0.118. The van der Waals surface area contributed by atoms with Gasteiger partial charge in [-0.15, -0.1) is 0 Å². The van der Waals surface area contributed by atoms with E-state index in [4.69, 9.17) is 4.74 Å². The van der Waals surface area contributed by atoms with Crippen LogP contribution in [0.2, 0.25) is 0 Å². The van der Waals surface area contributed by atoms with Crippen molar-refractivity contribution in [2.24, 2.45) is 7.05 Å². The third-order valence-electron chi connectivity index (χ3n) is 4.54. The smallest absolute Gasteiger partial charge is 0.274 e. The number of aryl methyl sites for hydroxylation is 2. The Labute approximate surface area is 161 Å². The molecule has 3 rings (SSSR count). The number of benzene rings is 1. The topological polar surface area (TPSA) is 80.6 Å². The average molecular weight is 387 g/mol. The van der Waals surface area contributed by atoms with Crippen molar-refractivity contribution in [1.82, 2.24) is 9.47 Å². The highest BCUT2D eigenvalue weighted by molar-refractivity contribution is 5.97. The Morgan fingerprint density at radius 2 is 1.93 bits per heavy atom. The number of pyridine rings is 1. The summed E-state index contributed by atoms with van der Waals surface area (Å²) in [4.78, 5) is 38.8. The Kier molecular flexibility index (Phi) is 5.77. The molecule has 0 bridgehead atoms. The van der Waals surface area contributed by atoms with Crippen molar-refractivity contribution in [2.45, 2.75) is 19.8 Å². The molecule has 2 amide bonds. The van der Waals surface area contributed by atoms with Gasteiger partial charge in [-0.2, -0.15) is 0 Å². The Morgan fingerprint density at radius 3 is 2.64 bits per heavy atom. The van der Waals surface area contributed by atoms with Gasteiger partial charge in [0.15, 0.2) is 18.2 Å². The SMILES string of the molecule is Cc1ccc(F)c(OCC(=O)Nc2cc(C(=O)N3CCCC3)cn(C)c2=O)c1. The molecular weight excluding hydrogens is 365 g/mol. The summed E-state index contributed by atoms with van der Waals surface area (Å²) in [5.41, 5.74) is 0.641. The molecule has 0 radical (unpaired) electrons. The molecule has 1 aromatic heterocycles. The highest BCUT2D eigenvalue weighted by Gasteiger charge is 2.21. The first-order chi connectivity index (χ1) is 13.3. The highest BCUT2D eigenvalue weighted by atomic mass is 19.1. The summed E-state index contributed by atoms with van der Waals surface area (Å²) < 4.78 is 20.2. The minimum absolute atomic E-state index is 0.0224. The Bertz CT molecular complexity index is 964. The minimum Gasteiger partial charge on any atom is -0.481 e. The third-order valence-corrected chi connectivity index (χ3v) is 4.54. The predicted molar refractivity (Wildman–Crippen MR) is 102 cm³/mol. The molecule has 1 aromatic carbocycles. The number of halogens is 1. The second-order valence-electron chi connectivity index (χ2n) is 6.83. The molecule has 0 atom stereocenters. The number of anilines is 1. The Balaban J connectivity index is 1.72. The fourth-order valence-electron chi connectivity index (χ4n) is 3.07. The number of likely N-dealkylation sites (tertiary alicyclic amines) is 1. The van der Waals surface area contributed by atoms with E-state index in [1.165, 1.54) is 36.0 Å². The van der Waals surface area contributed by atoms with E-state index >= 15 is 0 Å². The monoisotopic (exact) mass is 387 g/mol. The summed E-state index contributed by atoms with van der Waals surface area (Å²) in [6.45, 7) is 2.67. The Morgan fingerprint density at radius 1 is 1.21 bits per heavy atom. The van der Waals surface area contributed by atoms with Gasteiger partial charge in [-0.1, -0.05) is 6.07 Å². The number of carbonyl (C=O) groups is 2. The number of rotatable bonds is 5. The molecule has 0 aliphatic carbocycles. The third kappa shape index (κ3) is 4.39. The molecule has 1 fully saturated rings. The number of amides is 2. The van der Waals surface area contributed by atoms with E-state index in [0.717, 1.165) is 18.4 Å². The summed E-state index contributed by atoms with van der Waals surface area (Å²) >= 11 is 0. The molecule has 148 valence electrons. The van der Waals surface area contributed by atoms with E-state index in [1.807, 2.05) is 0 Å². The van der Waals surface area contributed by atoms with Crippen molar-refractivity contribution < 1.29 is 18.7 Å². The molecule has 28 heavy (non-hydrogen) atoms. The van der Waals surface area contributed by atoms with Crippen LogP contribution in [0.5, 0.6) is 5.75 Å². The van der Waals surface area contributed by atoms with Gasteiger partial charge in [-0.3, -0.25) is 14.4 Å². The standard InChI is InChI=1S/C20H22FN3O4/c1-13-5-6-15(21)17(9-13)28-12-18(25)22-16-10-14(11-23(2)20(16)27)19(26)24-7-3-4-8-24/h5-6,9-11H,3-4,7-8,12H2,1-2H3,(H,22,25). The van der Waals surface area contributed by atoms with E-state index in [1.54, 1.807) is 17.9 Å². The van der Waals surface area contributed by atoms with Crippen LogP contribution in [0.15, 0.2) is 35.3 Å². The van der Waals surface area contributed by atoms with Gasteiger partial charge in [-0.05, 0) is 43.5 Å². The first-order valence-electron chi connectivity index (χ1n) is 9.04. The summed E-state index contributed by atoms with van der Waals surface area (Å²) in [6, 6.07) is 5.70. The number of hydrogen-bond donors (Lipinski definition) is 1. The van der Waals surface area contributed by atoms with Gasteiger partial charge in [0, 0.05) is 26.3 Å². The molecule has 2 heterocycles. The predicted octanol–water partition coefficient (Wildman–Crippen LogP) is 2.09. The fraction of sp³-hybridized carbons (Fsp3) is 0.350. The van der Waals surface area contributed by atoms with Crippen LogP contribution >= 0.6 is 0 Å². The molecule has 8 heteroatoms. The summed E-state index contributed by atoms with van der Waals surface area (Å²) in [7, 11) is 1.51. The highest BCUT2D eigenvalue weighted by Crippen LogP contribution is 2.18. The first kappa shape index (κ1) is 19.6. The zero-order valence-electron chi connectivity index (χ0n) is 15.8. The lowest BCUT2D eigenvalue weighted by atomic mass is 10.2. The van der Waals surface area contributed by atoms with Crippen LogP contribution < -0.4 is 15.6 Å². The van der Waals surface area contributed by atoms with Gasteiger partial charge in [-0.25, -0.2) is 4.39 Å². The molecule has 1 aliphatic rings. The lowest BCUT2D eigenvalue weighted by Gasteiger charge is -2.16. The van der Waals surface area contributed by atoms with E-state index in [-0.39, 0.29) is 17.3 Å². The van der Waals surface area contributed by atoms with E-state index in [2.05, 4.69) is 5.32 Å². The summed E-state index contributed by atoms with van der Waals surface area (Å²) in [5, 5.41) is 2.45. The second-order valence-corrected chi connectivity index (χ2v) is 6.83. The molecule has 0 spiro atoms. The molecule has 7 nitrogen and oxygen atoms in total. The van der Waals surface area contributed by atoms with E-state index in [9.17, 15) is 18.8 Å². The van der Waals surface area contributed by atoms with Crippen molar-refractivity contribution in [2.75, 3.05) is 25.0 Å². The van der Waals surface area contributed by atoms with Crippen LogP contribution in [-0.4, -0.2) is 41.0 Å². The normalized spacial score (nSPS) is 13.5. The van der Waals surface area contributed by atoms with Crippen molar-refractivity contribution in [3.8, 4) is 5.75 Å². The van der Waals surface area contributed by atoms with Crippen LogP contribution in [0, 0.1) is 12.7 Å². The Hall–Kier alpha value is -3.16. The van der Waals surface area contributed by atoms with Gasteiger partial charge in [0.25, 0.3) is 17.4 Å². The number of nitrogens with zero attached hydrogens (tertiary/aromatic N) is 2. The minimum atomic E-state index is -0.622. The largest absolute Gasteiger partial charge is 0.481 e.